The molecule has 1 aromatic rings. The first kappa shape index (κ1) is 14.8. The molecule has 1 aliphatic heterocycles. The van der Waals surface area contributed by atoms with Crippen LogP contribution in [0.3, 0.4) is 0 Å². The molecule has 1 unspecified atom stereocenters. The zero-order valence-electron chi connectivity index (χ0n) is 11.8. The summed E-state index contributed by atoms with van der Waals surface area (Å²) in [4.78, 5) is 13.6. The monoisotopic (exact) mass is 297 g/mol. The highest BCUT2D eigenvalue weighted by Gasteiger charge is 2.38. The lowest BCUT2D eigenvalue weighted by Gasteiger charge is -2.23. The van der Waals surface area contributed by atoms with E-state index in [9.17, 15) is 13.2 Å². The number of hydrogen-bond donors (Lipinski definition) is 2. The molecule has 2 rings (SSSR count). The van der Waals surface area contributed by atoms with Crippen LogP contribution in [0.1, 0.15) is 23.1 Å². The normalized spacial score (nSPS) is 19.7. The number of amides is 1. The summed E-state index contributed by atoms with van der Waals surface area (Å²) < 4.78 is 22.8. The highest BCUT2D eigenvalue weighted by molar-refractivity contribution is 7.89. The van der Waals surface area contributed by atoms with Gasteiger partial charge in [0.1, 0.15) is 5.25 Å². The first-order valence-electron chi connectivity index (χ1n) is 6.31. The van der Waals surface area contributed by atoms with Crippen LogP contribution in [-0.4, -0.2) is 26.1 Å². The lowest BCUT2D eigenvalue weighted by Crippen LogP contribution is -2.32. The van der Waals surface area contributed by atoms with Crippen molar-refractivity contribution >= 4 is 27.3 Å². The molecule has 1 fully saturated rings. The van der Waals surface area contributed by atoms with Crippen molar-refractivity contribution in [2.45, 2.75) is 32.4 Å². The first-order valence-corrected chi connectivity index (χ1v) is 7.92. The SMILES string of the molecule is Cc1cc(C)c(N2CC(S(N)(=O)=O)CC2=O)c(C)c1N. The molecule has 0 saturated carbocycles. The fourth-order valence-electron chi connectivity index (χ4n) is 2.72. The van der Waals surface area contributed by atoms with Gasteiger partial charge in [-0.15, -0.1) is 0 Å². The molecule has 0 radical (unpaired) electrons. The number of carbonyl (C=O) groups is 1. The topological polar surface area (TPSA) is 106 Å². The van der Waals surface area contributed by atoms with Gasteiger partial charge in [0.2, 0.25) is 15.9 Å². The Kier molecular flexibility index (Phi) is 3.51. The number of carbonyl (C=O) groups excluding carboxylic acids is 1. The molecule has 1 atom stereocenters. The molecule has 1 saturated heterocycles. The molecule has 1 heterocycles. The zero-order chi connectivity index (χ0) is 15.2. The molecular weight excluding hydrogens is 278 g/mol. The molecule has 6 nitrogen and oxygen atoms in total. The van der Waals surface area contributed by atoms with Crippen LogP contribution in [0.2, 0.25) is 0 Å². The van der Waals surface area contributed by atoms with E-state index in [4.69, 9.17) is 10.9 Å². The van der Waals surface area contributed by atoms with Crippen molar-refractivity contribution in [2.24, 2.45) is 5.14 Å². The Hall–Kier alpha value is -1.60. The molecule has 20 heavy (non-hydrogen) atoms. The Morgan fingerprint density at radius 2 is 1.85 bits per heavy atom. The summed E-state index contributed by atoms with van der Waals surface area (Å²) in [6.07, 6.45) is -0.0779. The number of primary sulfonamides is 1. The van der Waals surface area contributed by atoms with Gasteiger partial charge in [-0.25, -0.2) is 13.6 Å². The minimum absolute atomic E-state index is 0.0779. The average molecular weight is 297 g/mol. The zero-order valence-corrected chi connectivity index (χ0v) is 12.6. The average Bonchev–Trinajstić information content (AvgIpc) is 2.69. The van der Waals surface area contributed by atoms with Gasteiger partial charge < -0.3 is 10.6 Å². The van der Waals surface area contributed by atoms with E-state index in [-0.39, 0.29) is 18.9 Å². The van der Waals surface area contributed by atoms with Gasteiger partial charge in [0.05, 0.1) is 5.69 Å². The minimum Gasteiger partial charge on any atom is -0.398 e. The van der Waals surface area contributed by atoms with Crippen LogP contribution in [-0.2, 0) is 14.8 Å². The molecule has 7 heteroatoms. The minimum atomic E-state index is -3.71. The molecule has 0 bridgehead atoms. The summed E-state index contributed by atoms with van der Waals surface area (Å²) in [7, 11) is -3.71. The molecule has 110 valence electrons. The summed E-state index contributed by atoms with van der Waals surface area (Å²) in [6.45, 7) is 5.70. The number of nitrogen functional groups attached to an aromatic ring is 1. The second-order valence-corrected chi connectivity index (χ2v) is 7.16. The smallest absolute Gasteiger partial charge is 0.228 e. The summed E-state index contributed by atoms with van der Waals surface area (Å²) in [5.41, 5.74) is 9.97. The van der Waals surface area contributed by atoms with Crippen molar-refractivity contribution in [2.75, 3.05) is 17.2 Å². The standard InChI is InChI=1S/C13H19N3O3S/c1-7-4-8(2)13(9(3)12(7)14)16-6-10(5-11(16)17)20(15,18)19/h4,10H,5-6,14H2,1-3H3,(H2,15,18,19). The van der Waals surface area contributed by atoms with Gasteiger partial charge in [-0.1, -0.05) is 6.07 Å². The van der Waals surface area contributed by atoms with Gasteiger partial charge in [-0.05, 0) is 37.5 Å². The van der Waals surface area contributed by atoms with E-state index >= 15 is 0 Å². The third-order valence-corrected chi connectivity index (χ3v) is 5.06. The van der Waals surface area contributed by atoms with Gasteiger partial charge >= 0.3 is 0 Å². The lowest BCUT2D eigenvalue weighted by molar-refractivity contribution is -0.117. The van der Waals surface area contributed by atoms with Gasteiger partial charge in [0.15, 0.2) is 0 Å². The van der Waals surface area contributed by atoms with Crippen LogP contribution in [0.4, 0.5) is 11.4 Å². The van der Waals surface area contributed by atoms with E-state index in [1.165, 1.54) is 4.90 Å². The molecule has 1 amide bonds. The van der Waals surface area contributed by atoms with Crippen molar-refractivity contribution in [3.05, 3.63) is 22.8 Å². The third kappa shape index (κ3) is 2.38. The van der Waals surface area contributed by atoms with E-state index in [0.29, 0.717) is 11.4 Å². The maximum Gasteiger partial charge on any atom is 0.228 e. The molecule has 4 N–H and O–H groups in total. The molecular formula is C13H19N3O3S. The van der Waals surface area contributed by atoms with Crippen LogP contribution in [0.5, 0.6) is 0 Å². The quantitative estimate of drug-likeness (QED) is 0.779. The summed E-state index contributed by atoms with van der Waals surface area (Å²) in [6, 6.07) is 1.90. The van der Waals surface area contributed by atoms with Crippen molar-refractivity contribution in [3.63, 3.8) is 0 Å². The Labute approximate surface area is 118 Å². The van der Waals surface area contributed by atoms with E-state index in [1.807, 2.05) is 26.8 Å². The fraction of sp³-hybridized carbons (Fsp3) is 0.462. The van der Waals surface area contributed by atoms with E-state index < -0.39 is 15.3 Å². The molecule has 0 aromatic heterocycles. The highest BCUT2D eigenvalue weighted by atomic mass is 32.2. The van der Waals surface area contributed by atoms with Gasteiger partial charge in [-0.2, -0.15) is 0 Å². The van der Waals surface area contributed by atoms with Crippen molar-refractivity contribution in [1.29, 1.82) is 0 Å². The van der Waals surface area contributed by atoms with Crippen LogP contribution in [0.25, 0.3) is 0 Å². The maximum atomic E-state index is 12.1. The van der Waals surface area contributed by atoms with Crippen LogP contribution < -0.4 is 15.8 Å². The predicted molar refractivity (Wildman–Crippen MR) is 78.9 cm³/mol. The van der Waals surface area contributed by atoms with Gasteiger partial charge in [-0.3, -0.25) is 4.79 Å². The Morgan fingerprint density at radius 1 is 1.25 bits per heavy atom. The van der Waals surface area contributed by atoms with Gasteiger partial charge in [0.25, 0.3) is 0 Å². The Bertz CT molecular complexity index is 683. The summed E-state index contributed by atoms with van der Waals surface area (Å²) >= 11 is 0. The third-order valence-electron chi connectivity index (χ3n) is 3.81. The molecule has 1 aliphatic rings. The Balaban J connectivity index is 2.49. The molecule has 0 spiro atoms. The van der Waals surface area contributed by atoms with Crippen molar-refractivity contribution in [1.82, 2.24) is 0 Å². The summed E-state index contributed by atoms with van der Waals surface area (Å²) in [5, 5.41) is 4.29. The van der Waals surface area contributed by atoms with Crippen LogP contribution in [0, 0.1) is 20.8 Å². The summed E-state index contributed by atoms with van der Waals surface area (Å²) in [5.74, 6) is -0.238. The van der Waals surface area contributed by atoms with Crippen molar-refractivity contribution in [3.8, 4) is 0 Å². The maximum absolute atomic E-state index is 12.1. The van der Waals surface area contributed by atoms with Gasteiger partial charge in [0, 0.05) is 18.7 Å². The van der Waals surface area contributed by atoms with Crippen LogP contribution >= 0.6 is 0 Å². The molecule has 0 aliphatic carbocycles. The number of nitrogens with two attached hydrogens (primary N) is 2. The van der Waals surface area contributed by atoms with E-state index in [1.54, 1.807) is 0 Å². The number of nitrogens with zero attached hydrogens (tertiary/aromatic N) is 1. The second-order valence-electron chi connectivity index (χ2n) is 5.32. The largest absolute Gasteiger partial charge is 0.398 e. The lowest BCUT2D eigenvalue weighted by atomic mass is 10.0. The number of aryl methyl sites for hydroxylation is 2. The Morgan fingerprint density at radius 3 is 2.35 bits per heavy atom. The number of hydrogen-bond acceptors (Lipinski definition) is 4. The number of anilines is 2. The van der Waals surface area contributed by atoms with Crippen molar-refractivity contribution < 1.29 is 13.2 Å². The first-order chi connectivity index (χ1) is 9.12. The highest BCUT2D eigenvalue weighted by Crippen LogP contribution is 2.34. The molecule has 1 aromatic carbocycles. The van der Waals surface area contributed by atoms with E-state index in [2.05, 4.69) is 0 Å². The number of benzene rings is 1. The fourth-order valence-corrected chi connectivity index (χ4v) is 3.45. The second kappa shape index (κ2) is 4.75. The number of sulfonamides is 1. The number of rotatable bonds is 2. The van der Waals surface area contributed by atoms with Crippen LogP contribution in [0.15, 0.2) is 6.07 Å². The van der Waals surface area contributed by atoms with E-state index in [0.717, 1.165) is 16.7 Å². The predicted octanol–water partition coefficient (Wildman–Crippen LogP) is 0.588.